The van der Waals surface area contributed by atoms with Gasteiger partial charge in [0.2, 0.25) is 0 Å². The molecule has 0 bridgehead atoms. The third-order valence-corrected chi connectivity index (χ3v) is 5.05. The van der Waals surface area contributed by atoms with E-state index in [2.05, 4.69) is 33.7 Å². The Morgan fingerprint density at radius 2 is 2.00 bits per heavy atom. The van der Waals surface area contributed by atoms with Gasteiger partial charge in [0, 0.05) is 58.4 Å². The van der Waals surface area contributed by atoms with E-state index >= 15 is 0 Å². The average Bonchev–Trinajstić information content (AvgIpc) is 2.77. The lowest BCUT2D eigenvalue weighted by molar-refractivity contribution is 0.0530. The standard InChI is InChI=1S/C17H28N4O/c1-3-20(2)17-15-4-8-21(9-5-16(15)18-13-19-17)12-14-6-10-22-11-7-14/h13-14H,3-12H2,1-2H3. The number of anilines is 1. The minimum absolute atomic E-state index is 0.804. The summed E-state index contributed by atoms with van der Waals surface area (Å²) in [6.07, 6.45) is 6.28. The van der Waals surface area contributed by atoms with Crippen molar-refractivity contribution in [3.05, 3.63) is 17.6 Å². The molecule has 3 rings (SSSR count). The Hall–Kier alpha value is -1.20. The molecule has 5 nitrogen and oxygen atoms in total. The monoisotopic (exact) mass is 304 g/mol. The second-order valence-corrected chi connectivity index (χ2v) is 6.49. The van der Waals surface area contributed by atoms with Crippen molar-refractivity contribution in [2.45, 2.75) is 32.6 Å². The average molecular weight is 304 g/mol. The van der Waals surface area contributed by atoms with Crippen LogP contribution in [0.1, 0.15) is 31.0 Å². The van der Waals surface area contributed by atoms with Crippen LogP contribution in [0.2, 0.25) is 0 Å². The predicted octanol–water partition coefficient (Wildman–Crippen LogP) is 1.76. The molecule has 0 N–H and O–H groups in total. The number of hydrogen-bond acceptors (Lipinski definition) is 5. The molecule has 2 aliphatic heterocycles. The maximum absolute atomic E-state index is 5.48. The van der Waals surface area contributed by atoms with Gasteiger partial charge in [0.15, 0.2) is 0 Å². The van der Waals surface area contributed by atoms with Gasteiger partial charge in [-0.05, 0) is 32.1 Å². The molecule has 5 heteroatoms. The summed E-state index contributed by atoms with van der Waals surface area (Å²) in [6.45, 7) is 8.49. The Balaban J connectivity index is 1.66. The summed E-state index contributed by atoms with van der Waals surface area (Å²) in [5, 5.41) is 0. The lowest BCUT2D eigenvalue weighted by Crippen LogP contribution is -2.34. The minimum Gasteiger partial charge on any atom is -0.381 e. The van der Waals surface area contributed by atoms with E-state index < -0.39 is 0 Å². The van der Waals surface area contributed by atoms with Crippen LogP contribution in [0.4, 0.5) is 5.82 Å². The number of hydrogen-bond donors (Lipinski definition) is 0. The lowest BCUT2D eigenvalue weighted by Gasteiger charge is -2.28. The van der Waals surface area contributed by atoms with Gasteiger partial charge in [-0.2, -0.15) is 0 Å². The van der Waals surface area contributed by atoms with Crippen molar-refractivity contribution in [2.24, 2.45) is 5.92 Å². The maximum Gasteiger partial charge on any atom is 0.135 e. The summed E-state index contributed by atoms with van der Waals surface area (Å²) in [5.74, 6) is 1.93. The first-order valence-electron chi connectivity index (χ1n) is 8.62. The minimum atomic E-state index is 0.804. The number of fused-ring (bicyclic) bond motifs is 1. The Morgan fingerprint density at radius 1 is 1.23 bits per heavy atom. The molecule has 0 aromatic carbocycles. The zero-order valence-electron chi connectivity index (χ0n) is 13.9. The molecule has 0 saturated carbocycles. The van der Waals surface area contributed by atoms with Crippen LogP contribution in [-0.2, 0) is 17.6 Å². The maximum atomic E-state index is 5.48. The van der Waals surface area contributed by atoms with E-state index in [1.54, 1.807) is 6.33 Å². The summed E-state index contributed by atoms with van der Waals surface area (Å²) in [5.41, 5.74) is 2.61. The molecule has 0 unspecified atom stereocenters. The molecule has 0 amide bonds. The number of nitrogens with zero attached hydrogens (tertiary/aromatic N) is 4. The number of rotatable bonds is 4. The molecule has 22 heavy (non-hydrogen) atoms. The largest absolute Gasteiger partial charge is 0.381 e. The lowest BCUT2D eigenvalue weighted by atomic mass is 9.99. The Kier molecular flexibility index (Phi) is 5.26. The predicted molar refractivity (Wildman–Crippen MR) is 88.4 cm³/mol. The zero-order valence-corrected chi connectivity index (χ0v) is 13.9. The molecule has 0 aliphatic carbocycles. The van der Waals surface area contributed by atoms with E-state index in [1.165, 1.54) is 30.6 Å². The summed E-state index contributed by atoms with van der Waals surface area (Å²) in [6, 6.07) is 0. The first kappa shape index (κ1) is 15.7. The molecule has 0 radical (unpaired) electrons. The Labute approximate surface area is 133 Å². The first-order chi connectivity index (χ1) is 10.8. The van der Waals surface area contributed by atoms with Crippen molar-refractivity contribution in [3.63, 3.8) is 0 Å². The molecule has 0 atom stereocenters. The molecule has 1 aromatic heterocycles. The van der Waals surface area contributed by atoms with Gasteiger partial charge in [-0.1, -0.05) is 0 Å². The smallest absolute Gasteiger partial charge is 0.135 e. The summed E-state index contributed by atoms with van der Waals surface area (Å²) in [7, 11) is 2.12. The summed E-state index contributed by atoms with van der Waals surface area (Å²) >= 11 is 0. The van der Waals surface area contributed by atoms with E-state index in [9.17, 15) is 0 Å². The van der Waals surface area contributed by atoms with Crippen LogP contribution in [0.25, 0.3) is 0 Å². The van der Waals surface area contributed by atoms with Crippen molar-refractivity contribution >= 4 is 5.82 Å². The first-order valence-corrected chi connectivity index (χ1v) is 8.62. The Bertz CT molecular complexity index is 488. The fraction of sp³-hybridized carbons (Fsp3) is 0.765. The van der Waals surface area contributed by atoms with Gasteiger partial charge in [0.05, 0.1) is 5.69 Å². The van der Waals surface area contributed by atoms with Crippen LogP contribution in [-0.4, -0.2) is 61.3 Å². The van der Waals surface area contributed by atoms with Gasteiger partial charge in [-0.25, -0.2) is 9.97 Å². The highest BCUT2D eigenvalue weighted by Crippen LogP contribution is 2.24. The van der Waals surface area contributed by atoms with E-state index in [4.69, 9.17) is 4.74 Å². The van der Waals surface area contributed by atoms with Gasteiger partial charge in [-0.15, -0.1) is 0 Å². The second-order valence-electron chi connectivity index (χ2n) is 6.49. The fourth-order valence-electron chi connectivity index (χ4n) is 3.51. The highest BCUT2D eigenvalue weighted by atomic mass is 16.5. The van der Waals surface area contributed by atoms with Gasteiger partial charge >= 0.3 is 0 Å². The van der Waals surface area contributed by atoms with Crippen molar-refractivity contribution in [2.75, 3.05) is 51.3 Å². The van der Waals surface area contributed by atoms with Gasteiger partial charge in [-0.3, -0.25) is 0 Å². The Morgan fingerprint density at radius 3 is 2.77 bits per heavy atom. The van der Waals surface area contributed by atoms with Crippen LogP contribution >= 0.6 is 0 Å². The zero-order chi connectivity index (χ0) is 15.4. The van der Waals surface area contributed by atoms with Crippen LogP contribution < -0.4 is 4.90 Å². The SMILES string of the molecule is CCN(C)c1ncnc2c1CCN(CC1CCOCC1)CC2. The van der Waals surface area contributed by atoms with Gasteiger partial charge in [0.25, 0.3) is 0 Å². The number of aromatic nitrogens is 2. The molecular formula is C17H28N4O. The van der Waals surface area contributed by atoms with Crippen molar-refractivity contribution in [3.8, 4) is 0 Å². The molecule has 0 spiro atoms. The third-order valence-electron chi connectivity index (χ3n) is 5.05. The highest BCUT2D eigenvalue weighted by molar-refractivity contribution is 5.48. The van der Waals surface area contributed by atoms with E-state index in [0.29, 0.717) is 0 Å². The van der Waals surface area contributed by atoms with Crippen LogP contribution in [0.15, 0.2) is 6.33 Å². The van der Waals surface area contributed by atoms with E-state index in [1.807, 2.05) is 0 Å². The van der Waals surface area contributed by atoms with Gasteiger partial charge in [0.1, 0.15) is 12.1 Å². The molecule has 1 fully saturated rings. The van der Waals surface area contributed by atoms with Crippen molar-refractivity contribution in [1.82, 2.24) is 14.9 Å². The molecule has 1 aromatic rings. The second kappa shape index (κ2) is 7.38. The third kappa shape index (κ3) is 3.58. The molecule has 3 heterocycles. The molecule has 1 saturated heterocycles. The van der Waals surface area contributed by atoms with Crippen LogP contribution in [0, 0.1) is 5.92 Å². The summed E-state index contributed by atoms with van der Waals surface area (Å²) in [4.78, 5) is 13.9. The molecule has 122 valence electrons. The van der Waals surface area contributed by atoms with E-state index in [-0.39, 0.29) is 0 Å². The fourth-order valence-corrected chi connectivity index (χ4v) is 3.51. The van der Waals surface area contributed by atoms with Crippen molar-refractivity contribution < 1.29 is 4.74 Å². The quantitative estimate of drug-likeness (QED) is 0.848. The van der Waals surface area contributed by atoms with E-state index in [0.717, 1.165) is 57.4 Å². The number of ether oxygens (including phenoxy) is 1. The van der Waals surface area contributed by atoms with Crippen LogP contribution in [0.5, 0.6) is 0 Å². The van der Waals surface area contributed by atoms with Crippen LogP contribution in [0.3, 0.4) is 0 Å². The molecular weight excluding hydrogens is 276 g/mol. The molecule has 2 aliphatic rings. The summed E-state index contributed by atoms with van der Waals surface area (Å²) < 4.78 is 5.48. The highest BCUT2D eigenvalue weighted by Gasteiger charge is 2.22. The van der Waals surface area contributed by atoms with Gasteiger partial charge < -0.3 is 14.5 Å². The topological polar surface area (TPSA) is 41.5 Å². The normalized spacial score (nSPS) is 20.5. The van der Waals surface area contributed by atoms with Crippen molar-refractivity contribution in [1.29, 1.82) is 0 Å².